The van der Waals surface area contributed by atoms with Crippen molar-refractivity contribution in [2.24, 2.45) is 11.8 Å². The van der Waals surface area contributed by atoms with E-state index < -0.39 is 43.1 Å². The van der Waals surface area contributed by atoms with E-state index in [1.165, 1.54) is 0 Å². The van der Waals surface area contributed by atoms with E-state index in [0.29, 0.717) is 16.4 Å². The van der Waals surface area contributed by atoms with E-state index >= 15 is 0 Å². The fourth-order valence-electron chi connectivity index (χ4n) is 2.82. The molecule has 138 valence electrons. The van der Waals surface area contributed by atoms with Gasteiger partial charge in [0.2, 0.25) is 0 Å². The van der Waals surface area contributed by atoms with Gasteiger partial charge in [0.1, 0.15) is 0 Å². The number of benzene rings is 1. The third-order valence-corrected chi connectivity index (χ3v) is 4.33. The molecule has 6 nitrogen and oxygen atoms in total. The number of para-hydroxylation sites is 1. The number of nitrogens with zero attached hydrogens (tertiary/aromatic N) is 2. The number of rotatable bonds is 3. The fraction of sp³-hybridized carbons (Fsp3) is 0.467. The first-order valence-corrected chi connectivity index (χ1v) is 7.71. The lowest BCUT2D eigenvalue weighted by atomic mass is 9.96. The zero-order valence-electron chi connectivity index (χ0n) is 13.5. The van der Waals surface area contributed by atoms with Crippen molar-refractivity contribution in [3.8, 4) is 0 Å². The molecule has 0 saturated carbocycles. The number of amides is 2. The number of urea groups is 1. The Balaban J connectivity index is 2.20. The van der Waals surface area contributed by atoms with Gasteiger partial charge in [-0.15, -0.1) is 0 Å². The number of nitrogens with one attached hydrogen (secondary N) is 1. The van der Waals surface area contributed by atoms with Crippen LogP contribution in [0.2, 0.25) is 5.02 Å². The summed E-state index contributed by atoms with van der Waals surface area (Å²) >= 11 is 6.08. The third kappa shape index (κ3) is 4.09. The molecule has 0 bridgehead atoms. The minimum Gasteiger partial charge on any atom is -0.481 e. The minimum absolute atomic E-state index is 0.324. The molecule has 1 aromatic rings. The molecule has 1 heterocycles. The summed E-state index contributed by atoms with van der Waals surface area (Å²) in [4.78, 5) is 25.9. The van der Waals surface area contributed by atoms with Gasteiger partial charge in [-0.1, -0.05) is 17.7 Å². The van der Waals surface area contributed by atoms with Crippen LogP contribution < -0.4 is 10.2 Å². The molecule has 0 aromatic heterocycles. The van der Waals surface area contributed by atoms with Gasteiger partial charge in [-0.05, 0) is 12.1 Å². The fourth-order valence-corrected chi connectivity index (χ4v) is 3.16. The summed E-state index contributed by atoms with van der Waals surface area (Å²) in [7, 11) is 3.40. The summed E-state index contributed by atoms with van der Waals surface area (Å²) in [6, 6.07) is 3.96. The number of carboxylic acids is 1. The van der Waals surface area contributed by atoms with E-state index in [4.69, 9.17) is 16.7 Å². The number of halogens is 4. The van der Waals surface area contributed by atoms with E-state index in [0.717, 1.165) is 4.90 Å². The summed E-state index contributed by atoms with van der Waals surface area (Å²) in [6.07, 6.45) is -4.69. The SMILES string of the molecule is CN(C)c1c(Cl)cccc1NC(=O)N1C[C@@H](C(F)(F)F)[C@H](C(=O)O)C1. The Bertz CT molecular complexity index is 682. The molecule has 2 atom stereocenters. The monoisotopic (exact) mass is 379 g/mol. The second-order valence-electron chi connectivity index (χ2n) is 5.96. The average molecular weight is 380 g/mol. The van der Waals surface area contributed by atoms with Crippen LogP contribution in [0.15, 0.2) is 18.2 Å². The van der Waals surface area contributed by atoms with E-state index in [9.17, 15) is 22.8 Å². The van der Waals surface area contributed by atoms with Crippen LogP contribution in [0.1, 0.15) is 0 Å². The van der Waals surface area contributed by atoms with E-state index in [-0.39, 0.29) is 0 Å². The highest BCUT2D eigenvalue weighted by molar-refractivity contribution is 6.34. The number of likely N-dealkylation sites (tertiary alicyclic amines) is 1. The van der Waals surface area contributed by atoms with Crippen LogP contribution >= 0.6 is 11.6 Å². The number of alkyl halides is 3. The lowest BCUT2D eigenvalue weighted by Gasteiger charge is -2.22. The lowest BCUT2D eigenvalue weighted by molar-refractivity contribution is -0.187. The third-order valence-electron chi connectivity index (χ3n) is 4.02. The van der Waals surface area contributed by atoms with Crippen molar-refractivity contribution in [1.29, 1.82) is 0 Å². The first-order chi connectivity index (χ1) is 11.5. The topological polar surface area (TPSA) is 72.9 Å². The van der Waals surface area contributed by atoms with Crippen LogP contribution in [0.3, 0.4) is 0 Å². The number of hydrogen-bond acceptors (Lipinski definition) is 3. The first kappa shape index (κ1) is 19.2. The quantitative estimate of drug-likeness (QED) is 0.846. The molecule has 1 fully saturated rings. The number of hydrogen-bond donors (Lipinski definition) is 2. The lowest BCUT2D eigenvalue weighted by Crippen LogP contribution is -2.35. The van der Waals surface area contributed by atoms with Crippen LogP contribution in [0, 0.1) is 11.8 Å². The largest absolute Gasteiger partial charge is 0.481 e. The average Bonchev–Trinajstić information content (AvgIpc) is 2.92. The molecule has 0 radical (unpaired) electrons. The molecule has 1 saturated heterocycles. The zero-order chi connectivity index (χ0) is 18.9. The Morgan fingerprint density at radius 2 is 1.96 bits per heavy atom. The van der Waals surface area contributed by atoms with Crippen LogP contribution in [-0.4, -0.2) is 55.4 Å². The van der Waals surface area contributed by atoms with E-state index in [2.05, 4.69) is 5.32 Å². The molecule has 0 aliphatic carbocycles. The van der Waals surface area contributed by atoms with Crippen molar-refractivity contribution in [2.75, 3.05) is 37.4 Å². The Hall–Kier alpha value is -2.16. The van der Waals surface area contributed by atoms with Gasteiger partial charge in [0.25, 0.3) is 0 Å². The Kier molecular flexibility index (Phi) is 5.36. The van der Waals surface area contributed by atoms with Gasteiger partial charge in [-0.3, -0.25) is 4.79 Å². The number of carboxylic acid groups (broad SMARTS) is 1. The summed E-state index contributed by atoms with van der Waals surface area (Å²) in [6.45, 7) is -1.21. The van der Waals surface area contributed by atoms with Gasteiger partial charge in [0.05, 0.1) is 28.2 Å². The molecular formula is C15H17ClF3N3O3. The van der Waals surface area contributed by atoms with Crippen molar-refractivity contribution in [2.45, 2.75) is 6.18 Å². The first-order valence-electron chi connectivity index (χ1n) is 7.33. The predicted molar refractivity (Wildman–Crippen MR) is 87.0 cm³/mol. The summed E-state index contributed by atoms with van der Waals surface area (Å²) in [5.74, 6) is -5.35. The van der Waals surface area contributed by atoms with Gasteiger partial charge in [-0.2, -0.15) is 13.2 Å². The van der Waals surface area contributed by atoms with Crippen molar-refractivity contribution >= 4 is 35.0 Å². The van der Waals surface area contributed by atoms with E-state index in [1.807, 2.05) is 0 Å². The Morgan fingerprint density at radius 1 is 1.32 bits per heavy atom. The van der Waals surface area contributed by atoms with Crippen LogP contribution in [0.25, 0.3) is 0 Å². The maximum atomic E-state index is 13.0. The standard InChI is InChI=1S/C15H17ClF3N3O3/c1-21(2)12-10(16)4-3-5-11(12)20-14(25)22-6-8(13(23)24)9(7-22)15(17,18)19/h3-5,8-9H,6-7H2,1-2H3,(H,20,25)(H,23,24)/t8-,9-/m1/s1. The van der Waals surface area contributed by atoms with Gasteiger partial charge >= 0.3 is 18.2 Å². The van der Waals surface area contributed by atoms with Crippen LogP contribution in [0.5, 0.6) is 0 Å². The molecule has 25 heavy (non-hydrogen) atoms. The van der Waals surface area contributed by atoms with Gasteiger partial charge in [0.15, 0.2) is 0 Å². The molecule has 1 aliphatic heterocycles. The molecule has 2 amide bonds. The van der Waals surface area contributed by atoms with Gasteiger partial charge < -0.3 is 20.2 Å². The molecule has 10 heteroatoms. The molecule has 2 N–H and O–H groups in total. The maximum Gasteiger partial charge on any atom is 0.394 e. The van der Waals surface area contributed by atoms with Crippen molar-refractivity contribution in [3.05, 3.63) is 23.2 Å². The Morgan fingerprint density at radius 3 is 2.44 bits per heavy atom. The highest BCUT2D eigenvalue weighted by Gasteiger charge is 2.53. The predicted octanol–water partition coefficient (Wildman–Crippen LogP) is 3.13. The number of carbonyl (C=O) groups is 2. The molecule has 0 unspecified atom stereocenters. The van der Waals surface area contributed by atoms with Crippen molar-refractivity contribution in [1.82, 2.24) is 4.90 Å². The second-order valence-corrected chi connectivity index (χ2v) is 6.37. The van der Waals surface area contributed by atoms with Crippen molar-refractivity contribution in [3.63, 3.8) is 0 Å². The normalized spacial score (nSPS) is 20.5. The highest BCUT2D eigenvalue weighted by atomic mass is 35.5. The van der Waals surface area contributed by atoms with Crippen LogP contribution in [-0.2, 0) is 4.79 Å². The number of anilines is 2. The Labute approximate surface area is 147 Å². The van der Waals surface area contributed by atoms with Gasteiger partial charge in [0, 0.05) is 27.2 Å². The van der Waals surface area contributed by atoms with E-state index in [1.54, 1.807) is 37.2 Å². The van der Waals surface area contributed by atoms with Crippen molar-refractivity contribution < 1.29 is 27.9 Å². The number of carbonyl (C=O) groups excluding carboxylic acids is 1. The molecule has 1 aromatic carbocycles. The molecule has 2 rings (SSSR count). The highest BCUT2D eigenvalue weighted by Crippen LogP contribution is 2.38. The summed E-state index contributed by atoms with van der Waals surface area (Å²) in [5, 5.41) is 11.9. The number of aliphatic carboxylic acids is 1. The summed E-state index contributed by atoms with van der Waals surface area (Å²) < 4.78 is 39.0. The van der Waals surface area contributed by atoms with Gasteiger partial charge in [-0.25, -0.2) is 4.79 Å². The molecular weight excluding hydrogens is 363 g/mol. The minimum atomic E-state index is -4.69. The second kappa shape index (κ2) is 6.99. The maximum absolute atomic E-state index is 13.0. The zero-order valence-corrected chi connectivity index (χ0v) is 14.2. The molecule has 0 spiro atoms. The van der Waals surface area contributed by atoms with Crippen LogP contribution in [0.4, 0.5) is 29.3 Å². The summed E-state index contributed by atoms with van der Waals surface area (Å²) in [5.41, 5.74) is 0.823. The molecule has 1 aliphatic rings. The smallest absolute Gasteiger partial charge is 0.394 e.